The molecule has 0 aliphatic rings. The standard InChI is InChI=1S/C28H22N6O2S/c1-17(32-26-25-27(30-15-29-26)37-16-31-25)22-13-18-7-6-10-21(19-11-12-23(35)33(2)14-19)24(18)28(36)34(22)20-8-4-3-5-9-20/h3-17H,1-2H3,(H,29,30,32)/t17-/m0/s1. The van der Waals surface area contributed by atoms with Gasteiger partial charge in [0.2, 0.25) is 5.56 Å². The predicted octanol–water partition coefficient (Wildman–Crippen LogP) is 4.93. The maximum absolute atomic E-state index is 14.3. The largest absolute Gasteiger partial charge is 0.360 e. The average molecular weight is 507 g/mol. The summed E-state index contributed by atoms with van der Waals surface area (Å²) in [6.07, 6.45) is 3.27. The van der Waals surface area contributed by atoms with E-state index in [1.165, 1.54) is 28.3 Å². The van der Waals surface area contributed by atoms with Gasteiger partial charge >= 0.3 is 0 Å². The van der Waals surface area contributed by atoms with Gasteiger partial charge in [0.15, 0.2) is 5.82 Å². The number of nitrogens with one attached hydrogen (secondary N) is 1. The third-order valence-corrected chi connectivity index (χ3v) is 7.15. The van der Waals surface area contributed by atoms with Crippen LogP contribution >= 0.6 is 11.3 Å². The van der Waals surface area contributed by atoms with E-state index in [0.717, 1.165) is 32.7 Å². The lowest BCUT2D eigenvalue weighted by Crippen LogP contribution is -2.26. The highest BCUT2D eigenvalue weighted by molar-refractivity contribution is 7.16. The van der Waals surface area contributed by atoms with Crippen LogP contribution in [0.4, 0.5) is 5.82 Å². The molecule has 0 unspecified atom stereocenters. The van der Waals surface area contributed by atoms with Crippen molar-refractivity contribution in [2.45, 2.75) is 13.0 Å². The quantitative estimate of drug-likeness (QED) is 0.356. The molecule has 4 heterocycles. The Labute approximate surface area is 215 Å². The molecule has 0 spiro atoms. The zero-order valence-electron chi connectivity index (χ0n) is 20.1. The van der Waals surface area contributed by atoms with Gasteiger partial charge < -0.3 is 9.88 Å². The first-order valence-corrected chi connectivity index (χ1v) is 12.6. The number of rotatable bonds is 5. The molecule has 4 aromatic heterocycles. The number of fused-ring (bicyclic) bond motifs is 2. The second-order valence-corrected chi connectivity index (χ2v) is 9.61. The Hall–Kier alpha value is -4.63. The fourth-order valence-corrected chi connectivity index (χ4v) is 5.24. The minimum absolute atomic E-state index is 0.105. The molecule has 2 aromatic carbocycles. The molecule has 0 aliphatic heterocycles. The highest BCUT2D eigenvalue weighted by Crippen LogP contribution is 2.30. The highest BCUT2D eigenvalue weighted by atomic mass is 32.1. The lowest BCUT2D eigenvalue weighted by Gasteiger charge is -2.22. The molecule has 0 aliphatic carbocycles. The number of pyridine rings is 2. The summed E-state index contributed by atoms with van der Waals surface area (Å²) in [5, 5.41) is 4.85. The summed E-state index contributed by atoms with van der Waals surface area (Å²) in [4.78, 5) is 40.1. The number of aromatic nitrogens is 5. The van der Waals surface area contributed by atoms with E-state index in [2.05, 4.69) is 20.3 Å². The Balaban J connectivity index is 1.58. The van der Waals surface area contributed by atoms with Gasteiger partial charge in [-0.1, -0.05) is 36.4 Å². The zero-order chi connectivity index (χ0) is 25.5. The van der Waals surface area contributed by atoms with Crippen LogP contribution in [-0.2, 0) is 7.05 Å². The van der Waals surface area contributed by atoms with Crippen LogP contribution in [-0.4, -0.2) is 24.1 Å². The first-order chi connectivity index (χ1) is 18.0. The molecule has 0 fully saturated rings. The minimum Gasteiger partial charge on any atom is -0.360 e. The molecule has 182 valence electrons. The number of hydrogen-bond donors (Lipinski definition) is 1. The van der Waals surface area contributed by atoms with Gasteiger partial charge in [0.05, 0.1) is 16.9 Å². The van der Waals surface area contributed by atoms with Crippen molar-refractivity contribution in [3.8, 4) is 16.8 Å². The summed E-state index contributed by atoms with van der Waals surface area (Å²) in [5.41, 5.74) is 5.31. The molecule has 9 heteroatoms. The number of thiazole rings is 1. The fourth-order valence-electron chi connectivity index (χ4n) is 4.62. The van der Waals surface area contributed by atoms with E-state index in [4.69, 9.17) is 0 Å². The lowest BCUT2D eigenvalue weighted by molar-refractivity contribution is 0.774. The van der Waals surface area contributed by atoms with Gasteiger partial charge in [0.25, 0.3) is 5.56 Å². The first kappa shape index (κ1) is 22.8. The van der Waals surface area contributed by atoms with Crippen LogP contribution in [0, 0.1) is 0 Å². The smallest absolute Gasteiger partial charge is 0.263 e. The van der Waals surface area contributed by atoms with E-state index in [9.17, 15) is 9.59 Å². The van der Waals surface area contributed by atoms with Crippen molar-refractivity contribution in [3.63, 3.8) is 0 Å². The molecule has 37 heavy (non-hydrogen) atoms. The maximum Gasteiger partial charge on any atom is 0.263 e. The molecule has 0 saturated carbocycles. The van der Waals surface area contributed by atoms with Crippen molar-refractivity contribution in [1.29, 1.82) is 0 Å². The molecule has 0 bridgehead atoms. The minimum atomic E-state index is -0.279. The van der Waals surface area contributed by atoms with Crippen LogP contribution < -0.4 is 16.4 Å². The van der Waals surface area contributed by atoms with Crippen molar-refractivity contribution in [2.75, 3.05) is 5.32 Å². The number of nitrogens with zero attached hydrogens (tertiary/aromatic N) is 5. The third-order valence-electron chi connectivity index (χ3n) is 6.42. The topological polar surface area (TPSA) is 94.7 Å². The van der Waals surface area contributed by atoms with Gasteiger partial charge in [-0.2, -0.15) is 0 Å². The Morgan fingerprint density at radius 3 is 2.59 bits per heavy atom. The molecule has 0 radical (unpaired) electrons. The van der Waals surface area contributed by atoms with Crippen molar-refractivity contribution in [2.24, 2.45) is 7.05 Å². The Morgan fingerprint density at radius 2 is 1.78 bits per heavy atom. The highest BCUT2D eigenvalue weighted by Gasteiger charge is 2.20. The van der Waals surface area contributed by atoms with Crippen molar-refractivity contribution >= 4 is 38.3 Å². The summed E-state index contributed by atoms with van der Waals surface area (Å²) in [6.45, 7) is 2.00. The molecule has 1 atom stereocenters. The Kier molecular flexibility index (Phi) is 5.61. The molecule has 6 aromatic rings. The summed E-state index contributed by atoms with van der Waals surface area (Å²) < 4.78 is 3.26. The summed E-state index contributed by atoms with van der Waals surface area (Å²) >= 11 is 1.45. The summed E-state index contributed by atoms with van der Waals surface area (Å²) in [5.74, 6) is 0.616. The van der Waals surface area contributed by atoms with Crippen LogP contribution in [0.15, 0.2) is 94.4 Å². The molecule has 6 rings (SSSR count). The number of hydrogen-bond acceptors (Lipinski definition) is 7. The Morgan fingerprint density at radius 1 is 0.946 bits per heavy atom. The molecule has 0 amide bonds. The SMILES string of the molecule is C[C@H](Nc1ncnc2scnc12)c1cc2cccc(-c3ccc(=O)n(C)c3)c2c(=O)n1-c1ccccc1. The van der Waals surface area contributed by atoms with Crippen LogP contribution in [0.3, 0.4) is 0 Å². The molecular weight excluding hydrogens is 484 g/mol. The first-order valence-electron chi connectivity index (χ1n) is 11.7. The van der Waals surface area contributed by atoms with Gasteiger partial charge in [-0.25, -0.2) is 15.0 Å². The van der Waals surface area contributed by atoms with Gasteiger partial charge in [0, 0.05) is 30.7 Å². The average Bonchev–Trinajstić information content (AvgIpc) is 3.40. The monoisotopic (exact) mass is 506 g/mol. The maximum atomic E-state index is 14.3. The van der Waals surface area contributed by atoms with Gasteiger partial charge in [0.1, 0.15) is 16.7 Å². The van der Waals surface area contributed by atoms with Crippen molar-refractivity contribution in [3.05, 3.63) is 111 Å². The van der Waals surface area contributed by atoms with E-state index in [-0.39, 0.29) is 17.2 Å². The predicted molar refractivity (Wildman–Crippen MR) is 147 cm³/mol. The molecule has 1 N–H and O–H groups in total. The van der Waals surface area contributed by atoms with Gasteiger partial charge in [-0.15, -0.1) is 11.3 Å². The molecular formula is C28H22N6O2S. The number of benzene rings is 2. The fraction of sp³-hybridized carbons (Fsp3) is 0.107. The van der Waals surface area contributed by atoms with E-state index in [0.29, 0.717) is 16.7 Å². The third kappa shape index (κ3) is 3.99. The second-order valence-electron chi connectivity index (χ2n) is 8.78. The van der Waals surface area contributed by atoms with E-state index >= 15 is 0 Å². The van der Waals surface area contributed by atoms with Gasteiger partial charge in [-0.05, 0) is 47.7 Å². The number of anilines is 1. The normalized spacial score (nSPS) is 12.2. The summed E-state index contributed by atoms with van der Waals surface area (Å²) in [7, 11) is 1.71. The van der Waals surface area contributed by atoms with Crippen LogP contribution in [0.5, 0.6) is 0 Å². The number of para-hydroxylation sites is 1. The molecule has 0 saturated heterocycles. The van der Waals surface area contributed by atoms with E-state index in [1.54, 1.807) is 29.4 Å². The second kappa shape index (κ2) is 9.11. The van der Waals surface area contributed by atoms with E-state index in [1.807, 2.05) is 61.5 Å². The van der Waals surface area contributed by atoms with Crippen LogP contribution in [0.2, 0.25) is 0 Å². The van der Waals surface area contributed by atoms with E-state index < -0.39 is 0 Å². The van der Waals surface area contributed by atoms with Crippen LogP contribution in [0.1, 0.15) is 18.7 Å². The number of aryl methyl sites for hydroxylation is 1. The lowest BCUT2D eigenvalue weighted by atomic mass is 9.98. The zero-order valence-corrected chi connectivity index (χ0v) is 20.9. The Bertz CT molecular complexity index is 1890. The van der Waals surface area contributed by atoms with Crippen molar-refractivity contribution in [1.82, 2.24) is 24.1 Å². The van der Waals surface area contributed by atoms with Crippen molar-refractivity contribution < 1.29 is 0 Å². The summed E-state index contributed by atoms with van der Waals surface area (Å²) in [6, 6.07) is 20.4. The van der Waals surface area contributed by atoms with Gasteiger partial charge in [-0.3, -0.25) is 14.2 Å². The van der Waals surface area contributed by atoms with Crippen LogP contribution in [0.25, 0.3) is 37.9 Å². The molecule has 8 nitrogen and oxygen atoms in total.